The molecule has 0 heterocycles. The molecule has 2 aromatic carbocycles. The normalized spacial score (nSPS) is 10.2. The van der Waals surface area contributed by atoms with E-state index in [2.05, 4.69) is 22.6 Å². The topological polar surface area (TPSA) is 35.5 Å². The summed E-state index contributed by atoms with van der Waals surface area (Å²) in [6.07, 6.45) is 0.797. The van der Waals surface area contributed by atoms with Crippen molar-refractivity contribution in [3.63, 3.8) is 0 Å². The molecule has 2 rings (SSSR count). The average molecular weight is 417 g/mol. The van der Waals surface area contributed by atoms with Crippen LogP contribution in [0.15, 0.2) is 36.4 Å². The predicted octanol–water partition coefficient (Wildman–Crippen LogP) is 4.73. The van der Waals surface area contributed by atoms with Crippen LogP contribution in [0.4, 0.5) is 0 Å². The minimum atomic E-state index is 0.386. The van der Waals surface area contributed by atoms with E-state index in [1.54, 1.807) is 12.1 Å². The van der Waals surface area contributed by atoms with Crippen molar-refractivity contribution in [2.75, 3.05) is 6.61 Å². The molecule has 0 bridgehead atoms. The summed E-state index contributed by atoms with van der Waals surface area (Å²) in [4.78, 5) is 10.9. The second kappa shape index (κ2) is 7.66. The number of aldehydes is 1. The molecule has 0 aliphatic carbocycles. The fraction of sp³-hybridized carbons (Fsp3) is 0.188. The van der Waals surface area contributed by atoms with Crippen molar-refractivity contribution in [3.05, 3.63) is 56.1 Å². The van der Waals surface area contributed by atoms with Crippen molar-refractivity contribution in [3.8, 4) is 11.5 Å². The fourth-order valence-electron chi connectivity index (χ4n) is 1.84. The highest BCUT2D eigenvalue weighted by atomic mass is 127. The Morgan fingerprint density at radius 2 is 2.05 bits per heavy atom. The van der Waals surface area contributed by atoms with Crippen LogP contribution in [0.1, 0.15) is 22.8 Å². The number of hydrogen-bond donors (Lipinski definition) is 0. The van der Waals surface area contributed by atoms with Gasteiger partial charge in [0.15, 0.2) is 11.5 Å². The second-order valence-electron chi connectivity index (χ2n) is 4.30. The van der Waals surface area contributed by atoms with Crippen molar-refractivity contribution < 1.29 is 14.3 Å². The van der Waals surface area contributed by atoms with Gasteiger partial charge in [-0.25, -0.2) is 0 Å². The average Bonchev–Trinajstić information content (AvgIpc) is 2.46. The lowest BCUT2D eigenvalue weighted by molar-refractivity contribution is 0.112. The van der Waals surface area contributed by atoms with Crippen LogP contribution in [0.5, 0.6) is 11.5 Å². The monoisotopic (exact) mass is 416 g/mol. The van der Waals surface area contributed by atoms with Crippen LogP contribution in [0.3, 0.4) is 0 Å². The molecule has 2 aromatic rings. The Morgan fingerprint density at radius 3 is 2.71 bits per heavy atom. The molecule has 0 atom stereocenters. The molecule has 0 saturated carbocycles. The van der Waals surface area contributed by atoms with Gasteiger partial charge in [-0.15, -0.1) is 0 Å². The molecule has 0 aromatic heterocycles. The number of hydrogen-bond acceptors (Lipinski definition) is 3. The standard InChI is InChI=1S/C16H14ClIO3/c1-2-20-15-8-12(9-19)7-14(18)16(15)21-10-11-4-3-5-13(17)6-11/h3-9H,2,10H2,1H3. The fourth-order valence-corrected chi connectivity index (χ4v) is 2.84. The van der Waals surface area contributed by atoms with E-state index in [0.717, 1.165) is 15.4 Å². The molecule has 0 unspecified atom stereocenters. The third-order valence-electron chi connectivity index (χ3n) is 2.74. The van der Waals surface area contributed by atoms with E-state index in [0.29, 0.717) is 35.3 Å². The van der Waals surface area contributed by atoms with Gasteiger partial charge in [0, 0.05) is 10.6 Å². The van der Waals surface area contributed by atoms with E-state index in [9.17, 15) is 4.79 Å². The van der Waals surface area contributed by atoms with Gasteiger partial charge in [-0.3, -0.25) is 4.79 Å². The molecule has 110 valence electrons. The Bertz CT molecular complexity index is 643. The molecule has 0 saturated heterocycles. The molecule has 3 nitrogen and oxygen atoms in total. The maximum absolute atomic E-state index is 10.9. The van der Waals surface area contributed by atoms with Crippen molar-refractivity contribution in [1.29, 1.82) is 0 Å². The molecular formula is C16H14ClIO3. The van der Waals surface area contributed by atoms with E-state index < -0.39 is 0 Å². The summed E-state index contributed by atoms with van der Waals surface area (Å²) in [7, 11) is 0. The summed E-state index contributed by atoms with van der Waals surface area (Å²) >= 11 is 8.09. The van der Waals surface area contributed by atoms with Crippen molar-refractivity contribution in [2.45, 2.75) is 13.5 Å². The quantitative estimate of drug-likeness (QED) is 0.504. The first-order valence-electron chi connectivity index (χ1n) is 6.42. The van der Waals surface area contributed by atoms with E-state index in [1.807, 2.05) is 31.2 Å². The highest BCUT2D eigenvalue weighted by Crippen LogP contribution is 2.34. The van der Waals surface area contributed by atoms with Gasteiger partial charge in [-0.05, 0) is 59.3 Å². The van der Waals surface area contributed by atoms with Crippen LogP contribution >= 0.6 is 34.2 Å². The first-order valence-corrected chi connectivity index (χ1v) is 7.88. The molecule has 21 heavy (non-hydrogen) atoms. The van der Waals surface area contributed by atoms with Crippen molar-refractivity contribution in [1.82, 2.24) is 0 Å². The van der Waals surface area contributed by atoms with E-state index in [1.165, 1.54) is 0 Å². The van der Waals surface area contributed by atoms with E-state index >= 15 is 0 Å². The van der Waals surface area contributed by atoms with Crippen LogP contribution in [0, 0.1) is 3.57 Å². The number of ether oxygens (including phenoxy) is 2. The summed E-state index contributed by atoms with van der Waals surface area (Å²) in [6.45, 7) is 2.78. The first kappa shape index (κ1) is 16.1. The smallest absolute Gasteiger partial charge is 0.175 e. The molecule has 0 radical (unpaired) electrons. The Morgan fingerprint density at radius 1 is 1.24 bits per heavy atom. The summed E-state index contributed by atoms with van der Waals surface area (Å²) in [5.41, 5.74) is 1.54. The molecule has 0 fully saturated rings. The van der Waals surface area contributed by atoms with Crippen LogP contribution < -0.4 is 9.47 Å². The highest BCUT2D eigenvalue weighted by molar-refractivity contribution is 14.1. The molecule has 5 heteroatoms. The maximum atomic E-state index is 10.9. The van der Waals surface area contributed by atoms with Crippen LogP contribution in [0.2, 0.25) is 5.02 Å². The van der Waals surface area contributed by atoms with Gasteiger partial charge in [0.05, 0.1) is 10.2 Å². The molecule has 0 N–H and O–H groups in total. The summed E-state index contributed by atoms with van der Waals surface area (Å²) in [5, 5.41) is 0.673. The van der Waals surface area contributed by atoms with E-state index in [-0.39, 0.29) is 0 Å². The van der Waals surface area contributed by atoms with Gasteiger partial charge in [-0.1, -0.05) is 23.7 Å². The largest absolute Gasteiger partial charge is 0.490 e. The maximum Gasteiger partial charge on any atom is 0.175 e. The second-order valence-corrected chi connectivity index (χ2v) is 5.90. The Balaban J connectivity index is 2.24. The zero-order valence-electron chi connectivity index (χ0n) is 11.4. The van der Waals surface area contributed by atoms with Gasteiger partial charge < -0.3 is 9.47 Å². The van der Waals surface area contributed by atoms with Gasteiger partial charge in [0.1, 0.15) is 12.9 Å². The predicted molar refractivity (Wildman–Crippen MR) is 91.5 cm³/mol. The number of benzene rings is 2. The lowest BCUT2D eigenvalue weighted by atomic mass is 10.2. The number of carbonyl (C=O) groups excluding carboxylic acids is 1. The third kappa shape index (κ3) is 4.35. The minimum absolute atomic E-state index is 0.386. The van der Waals surface area contributed by atoms with Crippen LogP contribution in [0.25, 0.3) is 0 Å². The van der Waals surface area contributed by atoms with Gasteiger partial charge in [0.25, 0.3) is 0 Å². The Labute approximate surface area is 142 Å². The number of carbonyl (C=O) groups is 1. The molecule has 0 aliphatic heterocycles. The molecule has 0 amide bonds. The molecule has 0 aliphatic rings. The van der Waals surface area contributed by atoms with Crippen molar-refractivity contribution >= 4 is 40.5 Å². The zero-order valence-corrected chi connectivity index (χ0v) is 14.3. The minimum Gasteiger partial charge on any atom is -0.490 e. The van der Waals surface area contributed by atoms with Gasteiger partial charge in [0.2, 0.25) is 0 Å². The lowest BCUT2D eigenvalue weighted by Crippen LogP contribution is -2.02. The third-order valence-corrected chi connectivity index (χ3v) is 3.78. The summed E-state index contributed by atoms with van der Waals surface area (Å²) < 4.78 is 12.2. The summed E-state index contributed by atoms with van der Waals surface area (Å²) in [6, 6.07) is 11.0. The molecular weight excluding hydrogens is 403 g/mol. The lowest BCUT2D eigenvalue weighted by Gasteiger charge is -2.14. The van der Waals surface area contributed by atoms with Crippen LogP contribution in [-0.4, -0.2) is 12.9 Å². The summed E-state index contributed by atoms with van der Waals surface area (Å²) in [5.74, 6) is 1.22. The van der Waals surface area contributed by atoms with Crippen molar-refractivity contribution in [2.24, 2.45) is 0 Å². The number of rotatable bonds is 6. The zero-order chi connectivity index (χ0) is 15.2. The Kier molecular flexibility index (Phi) is 5.87. The SMILES string of the molecule is CCOc1cc(C=O)cc(I)c1OCc1cccc(Cl)c1. The van der Waals surface area contributed by atoms with E-state index in [4.69, 9.17) is 21.1 Å². The number of halogens is 2. The van der Waals surface area contributed by atoms with Gasteiger partial charge >= 0.3 is 0 Å². The molecule has 0 spiro atoms. The highest BCUT2D eigenvalue weighted by Gasteiger charge is 2.12. The Hall–Kier alpha value is -1.27. The van der Waals surface area contributed by atoms with Gasteiger partial charge in [-0.2, -0.15) is 0 Å². The first-order chi connectivity index (χ1) is 10.1. The van der Waals surface area contributed by atoms with Crippen LogP contribution in [-0.2, 0) is 6.61 Å².